The second kappa shape index (κ2) is 4.46. The molecule has 0 aromatic heterocycles. The Labute approximate surface area is 129 Å². The summed E-state index contributed by atoms with van der Waals surface area (Å²) in [5.74, 6) is 3.94. The van der Waals surface area contributed by atoms with Crippen molar-refractivity contribution in [2.24, 2.45) is 34.5 Å². The van der Waals surface area contributed by atoms with Crippen LogP contribution < -0.4 is 0 Å². The zero-order chi connectivity index (χ0) is 14.8. The maximum atomic E-state index is 11.9. The Morgan fingerprint density at radius 1 is 1.10 bits per heavy atom. The first kappa shape index (κ1) is 14.0. The molecule has 0 saturated heterocycles. The molecule has 0 heterocycles. The van der Waals surface area contributed by atoms with E-state index in [-0.39, 0.29) is 0 Å². The molecule has 4 aliphatic carbocycles. The van der Waals surface area contributed by atoms with Gasteiger partial charge in [-0.25, -0.2) is 0 Å². The van der Waals surface area contributed by atoms with Gasteiger partial charge in [-0.05, 0) is 80.0 Å². The lowest BCUT2D eigenvalue weighted by Crippen LogP contribution is -2.53. The molecular weight excluding hydrogens is 256 g/mol. The second-order valence-electron chi connectivity index (χ2n) is 8.98. The summed E-state index contributed by atoms with van der Waals surface area (Å²) < 4.78 is 0. The van der Waals surface area contributed by atoms with E-state index in [0.29, 0.717) is 22.5 Å². The highest BCUT2D eigenvalue weighted by molar-refractivity contribution is 5.79. The fraction of sp³-hybridized carbons (Fsp3) is 0.850. The normalized spacial score (nSPS) is 52.7. The number of rotatable bonds is 0. The summed E-state index contributed by atoms with van der Waals surface area (Å²) in [6, 6.07) is 0. The van der Waals surface area contributed by atoms with Crippen LogP contribution in [-0.2, 0) is 4.79 Å². The van der Waals surface area contributed by atoms with E-state index in [0.717, 1.165) is 30.6 Å². The Hall–Kier alpha value is -0.590. The van der Waals surface area contributed by atoms with E-state index >= 15 is 0 Å². The highest BCUT2D eigenvalue weighted by Crippen LogP contribution is 2.65. The van der Waals surface area contributed by atoms with Crippen LogP contribution in [0.2, 0.25) is 0 Å². The SMILES string of the molecule is CC1=CC[C@@H]2[C@H]3CC[C@H]4CC(=O)CC[C@]4(C)[C@@H]3CC[C@@]12C. The third kappa shape index (κ3) is 1.79. The standard InChI is InChI=1S/C20H30O/c1-13-4-7-17-16-6-5-14-12-15(21)8-10-20(14,3)18(16)9-11-19(13,17)2/h4,14,16-18H,5-12H2,1-3H3/t14-,16+,17+,18+,19-,20-/m0/s1. The first-order valence-corrected chi connectivity index (χ1v) is 9.14. The minimum absolute atomic E-state index is 0.467. The number of hydrogen-bond donors (Lipinski definition) is 0. The molecule has 0 aliphatic heterocycles. The second-order valence-corrected chi connectivity index (χ2v) is 8.98. The quantitative estimate of drug-likeness (QED) is 0.562. The highest BCUT2D eigenvalue weighted by Gasteiger charge is 2.57. The predicted octanol–water partition coefficient (Wildman–Crippen LogP) is 5.15. The molecule has 0 N–H and O–H groups in total. The lowest BCUT2D eigenvalue weighted by molar-refractivity contribution is -0.137. The summed E-state index contributed by atoms with van der Waals surface area (Å²) in [7, 11) is 0. The van der Waals surface area contributed by atoms with Crippen LogP contribution in [-0.4, -0.2) is 5.78 Å². The molecule has 1 nitrogen and oxygen atoms in total. The zero-order valence-electron chi connectivity index (χ0n) is 14.0. The van der Waals surface area contributed by atoms with E-state index in [1.807, 2.05) is 0 Å². The van der Waals surface area contributed by atoms with Gasteiger partial charge >= 0.3 is 0 Å². The van der Waals surface area contributed by atoms with E-state index in [1.54, 1.807) is 5.57 Å². The Balaban J connectivity index is 1.64. The first-order valence-electron chi connectivity index (χ1n) is 9.14. The van der Waals surface area contributed by atoms with Gasteiger partial charge in [-0.1, -0.05) is 25.5 Å². The number of hydrogen-bond acceptors (Lipinski definition) is 1. The van der Waals surface area contributed by atoms with Gasteiger partial charge in [0.1, 0.15) is 5.78 Å². The Morgan fingerprint density at radius 3 is 2.71 bits per heavy atom. The largest absolute Gasteiger partial charge is 0.300 e. The van der Waals surface area contributed by atoms with Gasteiger partial charge in [-0.2, -0.15) is 0 Å². The van der Waals surface area contributed by atoms with Gasteiger partial charge in [0.2, 0.25) is 0 Å². The summed E-state index contributed by atoms with van der Waals surface area (Å²) in [5, 5.41) is 0. The van der Waals surface area contributed by atoms with Gasteiger partial charge in [0.25, 0.3) is 0 Å². The Bertz CT molecular complexity index is 504. The predicted molar refractivity (Wildman–Crippen MR) is 85.9 cm³/mol. The molecule has 21 heavy (non-hydrogen) atoms. The molecule has 0 bridgehead atoms. The molecule has 0 aromatic carbocycles. The Morgan fingerprint density at radius 2 is 1.90 bits per heavy atom. The van der Waals surface area contributed by atoms with Crippen LogP contribution in [0.25, 0.3) is 0 Å². The van der Waals surface area contributed by atoms with E-state index in [2.05, 4.69) is 26.8 Å². The van der Waals surface area contributed by atoms with Crippen LogP contribution in [0.5, 0.6) is 0 Å². The molecule has 0 spiro atoms. The van der Waals surface area contributed by atoms with Gasteiger partial charge < -0.3 is 0 Å². The summed E-state index contributed by atoms with van der Waals surface area (Å²) in [5.41, 5.74) is 2.63. The minimum atomic E-state index is 0.467. The van der Waals surface area contributed by atoms with Crippen LogP contribution in [0.3, 0.4) is 0 Å². The maximum Gasteiger partial charge on any atom is 0.133 e. The number of ketones is 1. The van der Waals surface area contributed by atoms with Crippen LogP contribution >= 0.6 is 0 Å². The van der Waals surface area contributed by atoms with Gasteiger partial charge in [0.15, 0.2) is 0 Å². The number of fused-ring (bicyclic) bond motifs is 5. The molecular formula is C20H30O. The molecule has 4 rings (SSSR count). The molecule has 0 amide bonds. The fourth-order valence-corrected chi connectivity index (χ4v) is 6.83. The summed E-state index contributed by atoms with van der Waals surface area (Å²) in [6.45, 7) is 7.44. The number of Topliss-reactive ketones (excluding diaryl/α,β-unsaturated/α-hetero) is 1. The van der Waals surface area contributed by atoms with Crippen LogP contribution in [0, 0.1) is 34.5 Å². The van der Waals surface area contributed by atoms with Crippen molar-refractivity contribution in [2.45, 2.75) is 72.1 Å². The lowest BCUT2D eigenvalue weighted by Gasteiger charge is -2.60. The minimum Gasteiger partial charge on any atom is -0.300 e. The van der Waals surface area contributed by atoms with Gasteiger partial charge in [-0.15, -0.1) is 0 Å². The van der Waals surface area contributed by atoms with Crippen molar-refractivity contribution in [1.29, 1.82) is 0 Å². The van der Waals surface area contributed by atoms with Crippen molar-refractivity contribution in [1.82, 2.24) is 0 Å². The molecule has 6 atom stereocenters. The number of allylic oxidation sites excluding steroid dienone is 2. The monoisotopic (exact) mass is 286 g/mol. The van der Waals surface area contributed by atoms with Gasteiger partial charge in [0.05, 0.1) is 0 Å². The smallest absolute Gasteiger partial charge is 0.133 e. The molecule has 0 aromatic rings. The van der Waals surface area contributed by atoms with Crippen molar-refractivity contribution >= 4 is 5.78 Å². The fourth-order valence-electron chi connectivity index (χ4n) is 6.83. The van der Waals surface area contributed by atoms with Crippen LogP contribution in [0.1, 0.15) is 72.1 Å². The third-order valence-electron chi connectivity index (χ3n) is 8.45. The molecule has 0 unspecified atom stereocenters. The zero-order valence-corrected chi connectivity index (χ0v) is 14.0. The number of carbonyl (C=O) groups is 1. The van der Waals surface area contributed by atoms with Crippen LogP contribution in [0.4, 0.5) is 0 Å². The summed E-state index contributed by atoms with van der Waals surface area (Å²) >= 11 is 0. The molecule has 4 aliphatic rings. The average Bonchev–Trinajstić information content (AvgIpc) is 2.76. The molecule has 1 heteroatoms. The van der Waals surface area contributed by atoms with Crippen molar-refractivity contribution in [3.63, 3.8) is 0 Å². The number of carbonyl (C=O) groups excluding carboxylic acids is 1. The Kier molecular flexibility index (Phi) is 2.98. The average molecular weight is 286 g/mol. The van der Waals surface area contributed by atoms with E-state index in [4.69, 9.17) is 0 Å². The highest BCUT2D eigenvalue weighted by atomic mass is 16.1. The van der Waals surface area contributed by atoms with Crippen molar-refractivity contribution in [3.8, 4) is 0 Å². The van der Waals surface area contributed by atoms with Crippen molar-refractivity contribution in [2.75, 3.05) is 0 Å². The summed E-state index contributed by atoms with van der Waals surface area (Å²) in [4.78, 5) is 11.9. The van der Waals surface area contributed by atoms with Crippen molar-refractivity contribution < 1.29 is 4.79 Å². The lowest BCUT2D eigenvalue weighted by atomic mass is 9.45. The summed E-state index contributed by atoms with van der Waals surface area (Å²) in [6.07, 6.45) is 12.3. The maximum absolute atomic E-state index is 11.9. The van der Waals surface area contributed by atoms with Crippen LogP contribution in [0.15, 0.2) is 11.6 Å². The van der Waals surface area contributed by atoms with E-state index < -0.39 is 0 Å². The molecule has 3 saturated carbocycles. The van der Waals surface area contributed by atoms with Gasteiger partial charge in [0, 0.05) is 12.8 Å². The van der Waals surface area contributed by atoms with E-state index in [9.17, 15) is 4.79 Å². The molecule has 3 fully saturated rings. The molecule has 0 radical (unpaired) electrons. The van der Waals surface area contributed by atoms with Gasteiger partial charge in [-0.3, -0.25) is 4.79 Å². The molecule has 116 valence electrons. The topological polar surface area (TPSA) is 17.1 Å². The first-order chi connectivity index (χ1) is 9.95. The van der Waals surface area contributed by atoms with E-state index in [1.165, 1.54) is 38.5 Å². The third-order valence-corrected chi connectivity index (χ3v) is 8.45. The van der Waals surface area contributed by atoms with Crippen molar-refractivity contribution in [3.05, 3.63) is 11.6 Å².